The fraction of sp³-hybridized carbons (Fsp3) is 0.188. The van der Waals surface area contributed by atoms with Crippen molar-refractivity contribution in [1.82, 2.24) is 0 Å². The largest absolute Gasteiger partial charge is 0.479 e. The minimum atomic E-state index is -1.03. The Hall–Kier alpha value is -2.40. The number of benzene rings is 2. The van der Waals surface area contributed by atoms with Crippen molar-refractivity contribution in [2.45, 2.75) is 12.6 Å². The molecule has 0 aliphatic carbocycles. The second-order valence-electron chi connectivity index (χ2n) is 4.60. The molecule has 21 heavy (non-hydrogen) atoms. The lowest BCUT2D eigenvalue weighted by molar-refractivity contribution is -0.138. The van der Waals surface area contributed by atoms with Crippen molar-refractivity contribution < 1.29 is 19.0 Å². The van der Waals surface area contributed by atoms with E-state index in [-0.39, 0.29) is 0 Å². The van der Waals surface area contributed by atoms with Gasteiger partial charge in [0.2, 0.25) is 0 Å². The minimum absolute atomic E-state index is 0.403. The molecule has 5 heteroatoms. The molecule has 1 atom stereocenters. The van der Waals surface area contributed by atoms with Crippen molar-refractivity contribution in [3.63, 3.8) is 0 Å². The number of halogens is 1. The second kappa shape index (κ2) is 6.85. The van der Waals surface area contributed by atoms with Gasteiger partial charge in [0.05, 0.1) is 6.61 Å². The molecule has 0 spiro atoms. The molecule has 0 aliphatic rings. The first kappa shape index (κ1) is 15.0. The van der Waals surface area contributed by atoms with Gasteiger partial charge < -0.3 is 15.2 Å². The molecule has 0 aliphatic heterocycles. The zero-order valence-electron chi connectivity index (χ0n) is 11.5. The fourth-order valence-electron chi connectivity index (χ4n) is 2.06. The van der Waals surface area contributed by atoms with Gasteiger partial charge in [0.15, 0.2) is 6.04 Å². The standard InChI is InChI=1S/C16H16FNO3/c1-21-10-11-4-2-5-12(8-11)15(16(19)20)18-14-7-3-6-13(17)9-14/h2-9,15,18H,10H2,1H3,(H,19,20). The maximum absolute atomic E-state index is 13.2. The van der Waals surface area contributed by atoms with Gasteiger partial charge in [-0.1, -0.05) is 30.3 Å². The van der Waals surface area contributed by atoms with E-state index < -0.39 is 17.8 Å². The maximum Gasteiger partial charge on any atom is 0.330 e. The Morgan fingerprint density at radius 1 is 1.29 bits per heavy atom. The highest BCUT2D eigenvalue weighted by molar-refractivity contribution is 5.79. The molecule has 0 heterocycles. The van der Waals surface area contributed by atoms with Crippen LogP contribution >= 0.6 is 0 Å². The zero-order valence-corrected chi connectivity index (χ0v) is 11.5. The van der Waals surface area contributed by atoms with Crippen LogP contribution < -0.4 is 5.32 Å². The summed E-state index contributed by atoms with van der Waals surface area (Å²) in [7, 11) is 1.58. The normalized spacial score (nSPS) is 11.9. The monoisotopic (exact) mass is 289 g/mol. The smallest absolute Gasteiger partial charge is 0.330 e. The molecule has 0 aromatic heterocycles. The Bertz CT molecular complexity index is 630. The van der Waals surface area contributed by atoms with Gasteiger partial charge in [-0.05, 0) is 29.3 Å². The molecular formula is C16H16FNO3. The van der Waals surface area contributed by atoms with Crippen molar-refractivity contribution in [3.05, 3.63) is 65.5 Å². The quantitative estimate of drug-likeness (QED) is 0.857. The first-order valence-corrected chi connectivity index (χ1v) is 6.43. The highest BCUT2D eigenvalue weighted by Crippen LogP contribution is 2.21. The molecule has 0 fully saturated rings. The van der Waals surface area contributed by atoms with Crippen LogP contribution in [-0.4, -0.2) is 18.2 Å². The fourth-order valence-corrected chi connectivity index (χ4v) is 2.06. The van der Waals surface area contributed by atoms with Gasteiger partial charge in [0, 0.05) is 12.8 Å². The van der Waals surface area contributed by atoms with Crippen LogP contribution in [0.5, 0.6) is 0 Å². The summed E-state index contributed by atoms with van der Waals surface area (Å²) in [5.41, 5.74) is 1.88. The van der Waals surface area contributed by atoms with E-state index in [2.05, 4.69) is 5.32 Å². The van der Waals surface area contributed by atoms with Crippen LogP contribution in [0, 0.1) is 5.82 Å². The Labute approximate surface area is 122 Å². The molecule has 2 aromatic carbocycles. The van der Waals surface area contributed by atoms with Crippen LogP contribution in [0.15, 0.2) is 48.5 Å². The SMILES string of the molecule is COCc1cccc(C(Nc2cccc(F)c2)C(=O)O)c1. The summed E-state index contributed by atoms with van der Waals surface area (Å²) in [6.07, 6.45) is 0. The zero-order chi connectivity index (χ0) is 15.2. The van der Waals surface area contributed by atoms with Crippen molar-refractivity contribution in [1.29, 1.82) is 0 Å². The number of carboxylic acids is 1. The highest BCUT2D eigenvalue weighted by atomic mass is 19.1. The van der Waals surface area contributed by atoms with Crippen LogP contribution in [0.3, 0.4) is 0 Å². The van der Waals surface area contributed by atoms with Gasteiger partial charge in [-0.2, -0.15) is 0 Å². The van der Waals surface area contributed by atoms with E-state index >= 15 is 0 Å². The average molecular weight is 289 g/mol. The molecule has 0 saturated heterocycles. The third-order valence-electron chi connectivity index (χ3n) is 2.98. The summed E-state index contributed by atoms with van der Waals surface area (Å²) in [6.45, 7) is 0.403. The summed E-state index contributed by atoms with van der Waals surface area (Å²) in [6, 6.07) is 11.9. The third kappa shape index (κ3) is 4.03. The number of ether oxygens (including phenoxy) is 1. The lowest BCUT2D eigenvalue weighted by Crippen LogP contribution is -2.20. The lowest BCUT2D eigenvalue weighted by atomic mass is 10.0. The van der Waals surface area contributed by atoms with Crippen LogP contribution in [-0.2, 0) is 16.1 Å². The van der Waals surface area contributed by atoms with Gasteiger partial charge in [0.25, 0.3) is 0 Å². The van der Waals surface area contributed by atoms with E-state index in [1.807, 2.05) is 6.07 Å². The maximum atomic E-state index is 13.2. The van der Waals surface area contributed by atoms with E-state index in [4.69, 9.17) is 4.74 Å². The van der Waals surface area contributed by atoms with Crippen molar-refractivity contribution >= 4 is 11.7 Å². The topological polar surface area (TPSA) is 58.6 Å². The number of anilines is 1. The Morgan fingerprint density at radius 2 is 2.05 bits per heavy atom. The minimum Gasteiger partial charge on any atom is -0.479 e. The highest BCUT2D eigenvalue weighted by Gasteiger charge is 2.20. The molecule has 0 saturated carbocycles. The summed E-state index contributed by atoms with van der Waals surface area (Å²) < 4.78 is 18.2. The Morgan fingerprint density at radius 3 is 2.71 bits per heavy atom. The number of rotatable bonds is 6. The Balaban J connectivity index is 2.26. The molecule has 0 bridgehead atoms. The molecule has 2 aromatic rings. The van der Waals surface area contributed by atoms with Crippen LogP contribution in [0.4, 0.5) is 10.1 Å². The summed E-state index contributed by atoms with van der Waals surface area (Å²) in [5, 5.41) is 12.2. The summed E-state index contributed by atoms with van der Waals surface area (Å²) in [5.74, 6) is -1.45. The number of nitrogens with one attached hydrogen (secondary N) is 1. The number of hydrogen-bond acceptors (Lipinski definition) is 3. The van der Waals surface area contributed by atoms with Crippen LogP contribution in [0.25, 0.3) is 0 Å². The Kier molecular flexibility index (Phi) is 4.90. The molecule has 2 rings (SSSR count). The first-order chi connectivity index (χ1) is 10.1. The van der Waals surface area contributed by atoms with Gasteiger partial charge in [-0.15, -0.1) is 0 Å². The van der Waals surface area contributed by atoms with Crippen LogP contribution in [0.2, 0.25) is 0 Å². The van der Waals surface area contributed by atoms with Gasteiger partial charge in [-0.3, -0.25) is 0 Å². The summed E-state index contributed by atoms with van der Waals surface area (Å²) >= 11 is 0. The predicted octanol–water partition coefficient (Wildman–Crippen LogP) is 3.21. The van der Waals surface area contributed by atoms with Crippen molar-refractivity contribution in [2.75, 3.05) is 12.4 Å². The number of carbonyl (C=O) groups is 1. The molecule has 2 N–H and O–H groups in total. The number of aliphatic carboxylic acids is 1. The van der Waals surface area contributed by atoms with E-state index in [1.165, 1.54) is 18.2 Å². The van der Waals surface area contributed by atoms with Gasteiger partial charge in [-0.25, -0.2) is 9.18 Å². The predicted molar refractivity (Wildman–Crippen MR) is 77.6 cm³/mol. The number of hydrogen-bond donors (Lipinski definition) is 2. The first-order valence-electron chi connectivity index (χ1n) is 6.43. The van der Waals surface area contributed by atoms with Crippen molar-refractivity contribution in [3.8, 4) is 0 Å². The van der Waals surface area contributed by atoms with E-state index in [0.29, 0.717) is 17.9 Å². The summed E-state index contributed by atoms with van der Waals surface area (Å²) in [4.78, 5) is 11.5. The third-order valence-corrected chi connectivity index (χ3v) is 2.98. The molecule has 1 unspecified atom stereocenters. The average Bonchev–Trinajstić information content (AvgIpc) is 2.45. The van der Waals surface area contributed by atoms with Crippen molar-refractivity contribution in [2.24, 2.45) is 0 Å². The number of methoxy groups -OCH3 is 1. The molecule has 4 nitrogen and oxygen atoms in total. The molecule has 110 valence electrons. The van der Waals surface area contributed by atoms with E-state index in [1.54, 1.807) is 31.4 Å². The molecule has 0 amide bonds. The van der Waals surface area contributed by atoms with E-state index in [0.717, 1.165) is 5.56 Å². The molecule has 0 radical (unpaired) electrons. The van der Waals surface area contributed by atoms with Gasteiger partial charge in [0.1, 0.15) is 5.82 Å². The second-order valence-corrected chi connectivity index (χ2v) is 4.60. The lowest BCUT2D eigenvalue weighted by Gasteiger charge is -2.17. The van der Waals surface area contributed by atoms with E-state index in [9.17, 15) is 14.3 Å². The number of carboxylic acid groups (broad SMARTS) is 1. The van der Waals surface area contributed by atoms with Gasteiger partial charge >= 0.3 is 5.97 Å². The molecular weight excluding hydrogens is 273 g/mol. The van der Waals surface area contributed by atoms with Crippen LogP contribution in [0.1, 0.15) is 17.2 Å².